The lowest BCUT2D eigenvalue weighted by molar-refractivity contribution is -0.114. The van der Waals surface area contributed by atoms with Gasteiger partial charge in [-0.15, -0.1) is 10.2 Å². The lowest BCUT2D eigenvalue weighted by Crippen LogP contribution is -2.05. The number of anilines is 1. The van der Waals surface area contributed by atoms with Crippen LogP contribution >= 0.6 is 11.8 Å². The number of nitrogens with zero attached hydrogens (tertiary/aromatic N) is 2. The van der Waals surface area contributed by atoms with Crippen LogP contribution in [0.25, 0.3) is 22.0 Å². The molecule has 1 heterocycles. The first-order valence-corrected chi connectivity index (χ1v) is 9.39. The minimum atomic E-state index is -0.0798. The summed E-state index contributed by atoms with van der Waals surface area (Å²) in [5.41, 5.74) is 2.72. The molecular formula is C22H17N3OS. The van der Waals surface area contributed by atoms with E-state index in [0.29, 0.717) is 0 Å². The van der Waals surface area contributed by atoms with Crippen molar-refractivity contribution in [2.75, 3.05) is 5.32 Å². The van der Waals surface area contributed by atoms with Gasteiger partial charge in [-0.1, -0.05) is 66.4 Å². The maximum absolute atomic E-state index is 11.1. The van der Waals surface area contributed by atoms with E-state index in [9.17, 15) is 4.79 Å². The molecule has 0 atom stereocenters. The lowest BCUT2D eigenvalue weighted by Gasteiger charge is -2.09. The van der Waals surface area contributed by atoms with E-state index in [1.807, 2.05) is 66.7 Å². The van der Waals surface area contributed by atoms with Crippen molar-refractivity contribution >= 4 is 34.1 Å². The summed E-state index contributed by atoms with van der Waals surface area (Å²) in [7, 11) is 0. The van der Waals surface area contributed by atoms with Gasteiger partial charge in [0.05, 0.1) is 0 Å². The zero-order chi connectivity index (χ0) is 18.6. The van der Waals surface area contributed by atoms with E-state index in [4.69, 9.17) is 0 Å². The minimum absolute atomic E-state index is 0.0798. The van der Waals surface area contributed by atoms with Crippen molar-refractivity contribution < 1.29 is 4.79 Å². The molecule has 4 rings (SSSR count). The SMILES string of the molecule is CC(=O)Nc1ccc(Sc2nnc(-c3ccccc3)c3ccccc23)cc1. The van der Waals surface area contributed by atoms with Crippen molar-refractivity contribution in [3.05, 3.63) is 78.9 Å². The zero-order valence-corrected chi connectivity index (χ0v) is 15.5. The summed E-state index contributed by atoms with van der Waals surface area (Å²) in [4.78, 5) is 12.2. The monoisotopic (exact) mass is 371 g/mol. The molecule has 0 aliphatic heterocycles. The van der Waals surface area contributed by atoms with Gasteiger partial charge < -0.3 is 5.32 Å². The Balaban J connectivity index is 1.70. The van der Waals surface area contributed by atoms with Crippen LogP contribution in [0.15, 0.2) is 88.8 Å². The molecule has 132 valence electrons. The smallest absolute Gasteiger partial charge is 0.221 e. The molecule has 0 aliphatic carbocycles. The number of rotatable bonds is 4. The number of hydrogen-bond donors (Lipinski definition) is 1. The Morgan fingerprint density at radius 2 is 1.48 bits per heavy atom. The summed E-state index contributed by atoms with van der Waals surface area (Å²) in [6, 6.07) is 26.0. The summed E-state index contributed by atoms with van der Waals surface area (Å²) in [6.07, 6.45) is 0. The van der Waals surface area contributed by atoms with E-state index in [1.165, 1.54) is 6.92 Å². The topological polar surface area (TPSA) is 54.9 Å². The average molecular weight is 371 g/mol. The van der Waals surface area contributed by atoms with Crippen LogP contribution in [0.2, 0.25) is 0 Å². The van der Waals surface area contributed by atoms with Crippen molar-refractivity contribution in [2.24, 2.45) is 0 Å². The molecule has 0 radical (unpaired) electrons. The van der Waals surface area contributed by atoms with Crippen LogP contribution in [0.4, 0.5) is 5.69 Å². The molecule has 4 nitrogen and oxygen atoms in total. The maximum Gasteiger partial charge on any atom is 0.221 e. The van der Waals surface area contributed by atoms with E-state index in [2.05, 4.69) is 27.6 Å². The number of fused-ring (bicyclic) bond motifs is 1. The van der Waals surface area contributed by atoms with Crippen LogP contribution in [0.3, 0.4) is 0 Å². The summed E-state index contributed by atoms with van der Waals surface area (Å²) in [6.45, 7) is 1.50. The lowest BCUT2D eigenvalue weighted by atomic mass is 10.1. The Morgan fingerprint density at radius 3 is 2.19 bits per heavy atom. The average Bonchev–Trinajstić information content (AvgIpc) is 2.70. The largest absolute Gasteiger partial charge is 0.326 e. The van der Waals surface area contributed by atoms with E-state index >= 15 is 0 Å². The third-order valence-corrected chi connectivity index (χ3v) is 5.09. The quantitative estimate of drug-likeness (QED) is 0.521. The number of nitrogens with one attached hydrogen (secondary N) is 1. The number of amides is 1. The van der Waals surface area contributed by atoms with Gasteiger partial charge in [0.15, 0.2) is 0 Å². The first-order chi connectivity index (χ1) is 13.2. The van der Waals surface area contributed by atoms with Crippen molar-refractivity contribution in [3.8, 4) is 11.3 Å². The van der Waals surface area contributed by atoms with Gasteiger partial charge in [-0.25, -0.2) is 0 Å². The van der Waals surface area contributed by atoms with Crippen LogP contribution in [-0.2, 0) is 4.79 Å². The van der Waals surface area contributed by atoms with Crippen LogP contribution in [-0.4, -0.2) is 16.1 Å². The Labute approximate surface area is 161 Å². The molecule has 3 aromatic carbocycles. The molecule has 0 unspecified atom stereocenters. The molecule has 4 aromatic rings. The van der Waals surface area contributed by atoms with Gasteiger partial charge in [-0.3, -0.25) is 4.79 Å². The summed E-state index contributed by atoms with van der Waals surface area (Å²) < 4.78 is 0. The van der Waals surface area contributed by atoms with Gasteiger partial charge in [-0.2, -0.15) is 0 Å². The van der Waals surface area contributed by atoms with E-state index in [-0.39, 0.29) is 5.91 Å². The molecule has 0 fully saturated rings. The predicted molar refractivity (Wildman–Crippen MR) is 110 cm³/mol. The molecule has 0 aliphatic rings. The first kappa shape index (κ1) is 17.2. The highest BCUT2D eigenvalue weighted by Gasteiger charge is 2.11. The highest BCUT2D eigenvalue weighted by Crippen LogP contribution is 2.35. The Kier molecular flexibility index (Phi) is 4.85. The second-order valence-corrected chi connectivity index (χ2v) is 7.14. The van der Waals surface area contributed by atoms with Gasteiger partial charge in [0.25, 0.3) is 0 Å². The first-order valence-electron chi connectivity index (χ1n) is 8.57. The highest BCUT2D eigenvalue weighted by molar-refractivity contribution is 7.99. The molecule has 1 aromatic heterocycles. The Morgan fingerprint density at radius 1 is 0.815 bits per heavy atom. The maximum atomic E-state index is 11.1. The highest BCUT2D eigenvalue weighted by atomic mass is 32.2. The van der Waals surface area contributed by atoms with Crippen molar-refractivity contribution in [3.63, 3.8) is 0 Å². The number of carbonyl (C=O) groups excluding carboxylic acids is 1. The molecule has 0 saturated carbocycles. The third kappa shape index (κ3) is 3.83. The Bertz CT molecular complexity index is 1100. The van der Waals surface area contributed by atoms with Crippen molar-refractivity contribution in [1.29, 1.82) is 0 Å². The predicted octanol–water partition coefficient (Wildman–Crippen LogP) is 5.41. The van der Waals surface area contributed by atoms with Crippen LogP contribution in [0.1, 0.15) is 6.92 Å². The molecule has 0 spiro atoms. The molecule has 1 amide bonds. The molecule has 27 heavy (non-hydrogen) atoms. The van der Waals surface area contributed by atoms with Crippen molar-refractivity contribution in [2.45, 2.75) is 16.8 Å². The summed E-state index contributed by atoms with van der Waals surface area (Å²) in [5, 5.41) is 14.8. The molecular weight excluding hydrogens is 354 g/mol. The fraction of sp³-hybridized carbons (Fsp3) is 0.0455. The van der Waals surface area contributed by atoms with Crippen molar-refractivity contribution in [1.82, 2.24) is 10.2 Å². The van der Waals surface area contributed by atoms with Gasteiger partial charge in [-0.05, 0) is 24.3 Å². The number of hydrogen-bond acceptors (Lipinski definition) is 4. The van der Waals surface area contributed by atoms with Gasteiger partial charge in [0, 0.05) is 33.8 Å². The van der Waals surface area contributed by atoms with Gasteiger partial charge >= 0.3 is 0 Å². The fourth-order valence-corrected chi connectivity index (χ4v) is 3.75. The zero-order valence-electron chi connectivity index (χ0n) is 14.7. The van der Waals surface area contributed by atoms with Crippen LogP contribution < -0.4 is 5.32 Å². The van der Waals surface area contributed by atoms with Crippen LogP contribution in [0.5, 0.6) is 0 Å². The molecule has 0 bridgehead atoms. The molecule has 5 heteroatoms. The van der Waals surface area contributed by atoms with Gasteiger partial charge in [0.1, 0.15) is 10.7 Å². The molecule has 0 saturated heterocycles. The number of benzene rings is 3. The fourth-order valence-electron chi connectivity index (χ4n) is 2.89. The van der Waals surface area contributed by atoms with E-state index in [1.54, 1.807) is 11.8 Å². The van der Waals surface area contributed by atoms with Crippen LogP contribution in [0, 0.1) is 0 Å². The molecule has 1 N–H and O–H groups in total. The standard InChI is InChI=1S/C22H17N3OS/c1-15(26)23-17-11-13-18(14-12-17)27-22-20-10-6-5-9-19(20)21(24-25-22)16-7-3-2-4-8-16/h2-14H,1H3,(H,23,26). The summed E-state index contributed by atoms with van der Waals surface area (Å²) in [5.74, 6) is -0.0798. The number of carbonyl (C=O) groups is 1. The second-order valence-electron chi connectivity index (χ2n) is 6.07. The van der Waals surface area contributed by atoms with E-state index < -0.39 is 0 Å². The Hall–Kier alpha value is -3.18. The summed E-state index contributed by atoms with van der Waals surface area (Å²) >= 11 is 1.56. The van der Waals surface area contributed by atoms with E-state index in [0.717, 1.165) is 37.6 Å². The number of aromatic nitrogens is 2. The minimum Gasteiger partial charge on any atom is -0.326 e. The third-order valence-electron chi connectivity index (χ3n) is 4.09. The van der Waals surface area contributed by atoms with Gasteiger partial charge in [0.2, 0.25) is 5.91 Å². The second kappa shape index (κ2) is 7.60. The normalized spacial score (nSPS) is 10.7.